The number of aryl methyl sites for hydroxylation is 1. The van der Waals surface area contributed by atoms with Crippen LogP contribution in [0.1, 0.15) is 35.4 Å². The molecule has 0 spiro atoms. The Kier molecular flexibility index (Phi) is 3.80. The first kappa shape index (κ1) is 16.6. The van der Waals surface area contributed by atoms with Crippen LogP contribution in [0.4, 0.5) is 0 Å². The van der Waals surface area contributed by atoms with E-state index in [0.717, 1.165) is 19.3 Å². The standard InChI is InChI=1S/C28H23N/c1-2-10-21(11-3-1)24-14-8-15-26-25-13-6-7-16-27(25)29(28(24)26)23-18-17-20-9-4-5-12-22(20)19-23/h1-4,6-10,13-19,21H,5,11-12H2. The fourth-order valence-electron chi connectivity index (χ4n) is 4.98. The van der Waals surface area contributed by atoms with Gasteiger partial charge in [-0.15, -0.1) is 0 Å². The highest BCUT2D eigenvalue weighted by molar-refractivity contribution is 6.10. The number of benzene rings is 3. The lowest BCUT2D eigenvalue weighted by molar-refractivity contribution is 0.856. The van der Waals surface area contributed by atoms with Gasteiger partial charge in [-0.2, -0.15) is 0 Å². The summed E-state index contributed by atoms with van der Waals surface area (Å²) in [5.41, 5.74) is 8.14. The zero-order valence-corrected chi connectivity index (χ0v) is 16.4. The van der Waals surface area contributed by atoms with Gasteiger partial charge >= 0.3 is 0 Å². The van der Waals surface area contributed by atoms with Crippen LogP contribution in [0.15, 0.2) is 91.0 Å². The molecule has 0 amide bonds. The summed E-state index contributed by atoms with van der Waals surface area (Å²) in [6.07, 6.45) is 16.8. The van der Waals surface area contributed by atoms with E-state index in [1.807, 2.05) is 0 Å². The van der Waals surface area contributed by atoms with E-state index in [-0.39, 0.29) is 0 Å². The molecule has 4 aromatic rings. The zero-order valence-electron chi connectivity index (χ0n) is 16.4. The van der Waals surface area contributed by atoms with Crippen LogP contribution in [0.2, 0.25) is 0 Å². The van der Waals surface area contributed by atoms with Gasteiger partial charge in [0.15, 0.2) is 0 Å². The molecule has 0 fully saturated rings. The summed E-state index contributed by atoms with van der Waals surface area (Å²) in [5.74, 6) is 0.423. The summed E-state index contributed by atoms with van der Waals surface area (Å²) in [5, 5.41) is 2.68. The van der Waals surface area contributed by atoms with Crippen LogP contribution in [0.3, 0.4) is 0 Å². The minimum atomic E-state index is 0.423. The number of aromatic nitrogens is 1. The average Bonchev–Trinajstić information content (AvgIpc) is 3.14. The molecule has 1 nitrogen and oxygen atoms in total. The molecule has 1 atom stereocenters. The van der Waals surface area contributed by atoms with Crippen molar-refractivity contribution in [3.05, 3.63) is 108 Å². The number of fused-ring (bicyclic) bond motifs is 4. The van der Waals surface area contributed by atoms with Crippen molar-refractivity contribution in [2.75, 3.05) is 0 Å². The molecule has 1 heterocycles. The Morgan fingerprint density at radius 1 is 0.828 bits per heavy atom. The van der Waals surface area contributed by atoms with Gasteiger partial charge < -0.3 is 4.57 Å². The van der Waals surface area contributed by atoms with E-state index in [1.54, 1.807) is 0 Å². The van der Waals surface area contributed by atoms with Crippen molar-refractivity contribution in [1.82, 2.24) is 4.57 Å². The summed E-state index contributed by atoms with van der Waals surface area (Å²) >= 11 is 0. The topological polar surface area (TPSA) is 4.93 Å². The van der Waals surface area contributed by atoms with Crippen LogP contribution < -0.4 is 0 Å². The predicted octanol–water partition coefficient (Wildman–Crippen LogP) is 7.34. The molecule has 2 aliphatic carbocycles. The fourth-order valence-corrected chi connectivity index (χ4v) is 4.98. The third kappa shape index (κ3) is 2.61. The Labute approximate surface area is 171 Å². The summed E-state index contributed by atoms with van der Waals surface area (Å²) < 4.78 is 2.49. The molecule has 0 N–H and O–H groups in total. The molecule has 3 aromatic carbocycles. The molecule has 0 radical (unpaired) electrons. The van der Waals surface area contributed by atoms with Gasteiger partial charge in [-0.05, 0) is 54.2 Å². The number of para-hydroxylation sites is 2. The lowest BCUT2D eigenvalue weighted by atomic mass is 9.91. The Morgan fingerprint density at radius 2 is 1.76 bits per heavy atom. The molecule has 0 saturated carbocycles. The molecule has 2 aliphatic rings. The van der Waals surface area contributed by atoms with Crippen molar-refractivity contribution in [2.45, 2.75) is 25.2 Å². The second-order valence-corrected chi connectivity index (χ2v) is 8.08. The first-order valence-electron chi connectivity index (χ1n) is 10.6. The van der Waals surface area contributed by atoms with Crippen molar-refractivity contribution < 1.29 is 0 Å². The number of hydrogen-bond donors (Lipinski definition) is 0. The molecule has 1 aromatic heterocycles. The minimum Gasteiger partial charge on any atom is -0.309 e. The number of hydrogen-bond acceptors (Lipinski definition) is 0. The molecule has 0 saturated heterocycles. The van der Waals surface area contributed by atoms with Crippen molar-refractivity contribution in [3.63, 3.8) is 0 Å². The van der Waals surface area contributed by atoms with Gasteiger partial charge in [0.25, 0.3) is 0 Å². The Bertz CT molecular complexity index is 1330. The zero-order chi connectivity index (χ0) is 19.2. The molecule has 0 bridgehead atoms. The molecular formula is C28H23N. The van der Waals surface area contributed by atoms with Crippen LogP contribution in [-0.2, 0) is 6.42 Å². The van der Waals surface area contributed by atoms with E-state index in [1.165, 1.54) is 44.2 Å². The Balaban J connectivity index is 1.69. The first-order chi connectivity index (χ1) is 14.4. The van der Waals surface area contributed by atoms with Gasteiger partial charge in [0.05, 0.1) is 11.0 Å². The van der Waals surface area contributed by atoms with E-state index in [0.29, 0.717) is 5.92 Å². The smallest absolute Gasteiger partial charge is 0.0579 e. The fraction of sp³-hybridized carbons (Fsp3) is 0.143. The summed E-state index contributed by atoms with van der Waals surface area (Å²) in [7, 11) is 0. The van der Waals surface area contributed by atoms with Crippen LogP contribution in [0.5, 0.6) is 0 Å². The molecule has 1 heteroatoms. The summed E-state index contributed by atoms with van der Waals surface area (Å²) in [6.45, 7) is 0. The summed E-state index contributed by atoms with van der Waals surface area (Å²) in [6, 6.07) is 22.6. The predicted molar refractivity (Wildman–Crippen MR) is 124 cm³/mol. The second kappa shape index (κ2) is 6.63. The van der Waals surface area contributed by atoms with Crippen molar-refractivity contribution >= 4 is 27.9 Å². The highest BCUT2D eigenvalue weighted by Gasteiger charge is 2.19. The van der Waals surface area contributed by atoms with E-state index in [9.17, 15) is 0 Å². The van der Waals surface area contributed by atoms with Gasteiger partial charge in [0.1, 0.15) is 0 Å². The van der Waals surface area contributed by atoms with Crippen LogP contribution in [0, 0.1) is 0 Å². The summed E-state index contributed by atoms with van der Waals surface area (Å²) in [4.78, 5) is 0. The van der Waals surface area contributed by atoms with Gasteiger partial charge in [-0.3, -0.25) is 0 Å². The van der Waals surface area contributed by atoms with Gasteiger partial charge in [-0.1, -0.05) is 78.9 Å². The van der Waals surface area contributed by atoms with Crippen molar-refractivity contribution in [1.29, 1.82) is 0 Å². The highest BCUT2D eigenvalue weighted by atomic mass is 15.0. The Hall–Kier alpha value is -3.32. The quantitative estimate of drug-likeness (QED) is 0.346. The maximum Gasteiger partial charge on any atom is 0.0579 e. The first-order valence-corrected chi connectivity index (χ1v) is 10.6. The number of rotatable bonds is 2. The molecule has 0 aliphatic heterocycles. The number of nitrogens with zero attached hydrogens (tertiary/aromatic N) is 1. The second-order valence-electron chi connectivity index (χ2n) is 8.08. The minimum absolute atomic E-state index is 0.423. The van der Waals surface area contributed by atoms with Gasteiger partial charge in [-0.25, -0.2) is 0 Å². The largest absolute Gasteiger partial charge is 0.309 e. The third-order valence-electron chi connectivity index (χ3n) is 6.37. The molecular weight excluding hydrogens is 350 g/mol. The Morgan fingerprint density at radius 3 is 2.69 bits per heavy atom. The molecule has 6 rings (SSSR count). The average molecular weight is 373 g/mol. The molecule has 29 heavy (non-hydrogen) atoms. The maximum atomic E-state index is 2.49. The maximum absolute atomic E-state index is 2.49. The number of allylic oxidation sites excluding steroid dienone is 5. The normalized spacial score (nSPS) is 17.9. The third-order valence-corrected chi connectivity index (χ3v) is 6.37. The van der Waals surface area contributed by atoms with E-state index in [2.05, 4.69) is 102 Å². The van der Waals surface area contributed by atoms with Gasteiger partial charge in [0, 0.05) is 22.4 Å². The van der Waals surface area contributed by atoms with Crippen LogP contribution >= 0.6 is 0 Å². The monoisotopic (exact) mass is 373 g/mol. The lowest BCUT2D eigenvalue weighted by Gasteiger charge is -2.19. The lowest BCUT2D eigenvalue weighted by Crippen LogP contribution is -2.03. The van der Waals surface area contributed by atoms with E-state index >= 15 is 0 Å². The van der Waals surface area contributed by atoms with Crippen molar-refractivity contribution in [3.8, 4) is 5.69 Å². The highest BCUT2D eigenvalue weighted by Crippen LogP contribution is 2.39. The van der Waals surface area contributed by atoms with Crippen LogP contribution in [0.25, 0.3) is 33.6 Å². The van der Waals surface area contributed by atoms with E-state index in [4.69, 9.17) is 0 Å². The van der Waals surface area contributed by atoms with Gasteiger partial charge in [0.2, 0.25) is 0 Å². The van der Waals surface area contributed by atoms with E-state index < -0.39 is 0 Å². The van der Waals surface area contributed by atoms with Crippen LogP contribution in [-0.4, -0.2) is 4.57 Å². The van der Waals surface area contributed by atoms with Crippen molar-refractivity contribution in [2.24, 2.45) is 0 Å². The molecule has 1 unspecified atom stereocenters. The SMILES string of the molecule is C1=CCC(c2cccc3c4ccccc4n(-c4ccc5c(c4)CCC=C5)c23)C=C1. The molecule has 140 valence electrons.